The van der Waals surface area contributed by atoms with Crippen molar-refractivity contribution < 1.29 is 34.8 Å². The molecule has 5 atom stereocenters. The fraction of sp³-hybridized carbons (Fsp3) is 0.333. The van der Waals surface area contributed by atoms with Crippen LogP contribution < -0.4 is 0 Å². The maximum Gasteiger partial charge on any atom is 0.278 e. The number of aromatic nitrogens is 4. The molecular weight excluding hydrogens is 434 g/mol. The Kier molecular flexibility index (Phi) is 4.16. The number of hydrogen-bond donors (Lipinski definition) is 4. The summed E-state index contributed by atoms with van der Waals surface area (Å²) in [4.78, 5) is 35.9. The Labute approximate surface area is 184 Å². The molecule has 1 saturated heterocycles. The van der Waals surface area contributed by atoms with E-state index < -0.39 is 49.1 Å². The van der Waals surface area contributed by atoms with Crippen molar-refractivity contribution in [2.45, 2.75) is 30.6 Å². The fourth-order valence-electron chi connectivity index (χ4n) is 4.89. The fourth-order valence-corrected chi connectivity index (χ4v) is 4.89. The third-order valence-electron chi connectivity index (χ3n) is 6.49. The zero-order chi connectivity index (χ0) is 23.2. The summed E-state index contributed by atoms with van der Waals surface area (Å²) in [5.74, 6) is -0.968. The summed E-state index contributed by atoms with van der Waals surface area (Å²) < 4.78 is 8.81. The van der Waals surface area contributed by atoms with Gasteiger partial charge in [-0.25, -0.2) is 9.97 Å². The first-order valence-corrected chi connectivity index (χ1v) is 10.3. The molecule has 2 aliphatic heterocycles. The highest BCUT2D eigenvalue weighted by atomic mass is 16.6. The Hall–Kier alpha value is -3.42. The number of hydrogen-bond acceptors (Lipinski definition) is 9. The van der Waals surface area contributed by atoms with E-state index >= 15 is 0 Å². The van der Waals surface area contributed by atoms with Crippen molar-refractivity contribution in [1.82, 2.24) is 23.8 Å². The lowest BCUT2D eigenvalue weighted by Crippen LogP contribution is -2.56. The van der Waals surface area contributed by atoms with Crippen LogP contribution >= 0.6 is 0 Å². The number of aliphatic hydroxyl groups excluding tert-OH is 4. The molecule has 33 heavy (non-hydrogen) atoms. The quantitative estimate of drug-likeness (QED) is 0.280. The van der Waals surface area contributed by atoms with E-state index in [4.69, 9.17) is 4.74 Å². The molecule has 6 heterocycles. The number of imidazole rings is 1. The summed E-state index contributed by atoms with van der Waals surface area (Å²) in [5.41, 5.74) is 1.32. The number of aliphatic hydroxyl groups is 4. The normalized spacial score (nSPS) is 27.9. The molecule has 6 rings (SSSR count). The predicted octanol–water partition coefficient (Wildman–Crippen LogP) is -0.965. The first-order chi connectivity index (χ1) is 15.9. The molecule has 0 unspecified atom stereocenters. The average Bonchev–Trinajstić information content (AvgIpc) is 3.49. The summed E-state index contributed by atoms with van der Waals surface area (Å²) in [6.45, 7) is -0.599. The molecule has 0 radical (unpaired) electrons. The number of carbonyl (C=O) groups excluding carboxylic acids is 2. The number of fused-ring (bicyclic) bond motifs is 8. The summed E-state index contributed by atoms with van der Waals surface area (Å²) in [7, 11) is 1.40. The summed E-state index contributed by atoms with van der Waals surface area (Å²) in [5, 5.41) is 42.1. The van der Waals surface area contributed by atoms with Crippen LogP contribution in [0, 0.1) is 0 Å². The SMILES string of the molecule is CN1C(=O)c2c(n3ccnc3c3c2c2cccnc2n3[C@@H]2O[C@H](CO)[C@@H](O)[C@H](O)[C@H]2O)C1=O. The molecular formula is C21H19N5O7. The van der Waals surface area contributed by atoms with Gasteiger partial charge in [-0.15, -0.1) is 0 Å². The Morgan fingerprint density at radius 2 is 1.79 bits per heavy atom. The van der Waals surface area contributed by atoms with Gasteiger partial charge in [-0.2, -0.15) is 0 Å². The van der Waals surface area contributed by atoms with Crippen molar-refractivity contribution in [3.63, 3.8) is 0 Å². The van der Waals surface area contributed by atoms with Crippen LogP contribution in [0.2, 0.25) is 0 Å². The van der Waals surface area contributed by atoms with E-state index in [-0.39, 0.29) is 11.3 Å². The lowest BCUT2D eigenvalue weighted by Gasteiger charge is -2.40. The minimum atomic E-state index is -1.61. The highest BCUT2D eigenvalue weighted by molar-refractivity contribution is 6.30. The van der Waals surface area contributed by atoms with Gasteiger partial charge < -0.3 is 25.2 Å². The van der Waals surface area contributed by atoms with Crippen molar-refractivity contribution in [3.05, 3.63) is 42.0 Å². The van der Waals surface area contributed by atoms with Crippen molar-refractivity contribution >= 4 is 39.4 Å². The minimum Gasteiger partial charge on any atom is -0.394 e. The maximum atomic E-state index is 13.1. The molecule has 4 aromatic rings. The second kappa shape index (κ2) is 6.79. The van der Waals surface area contributed by atoms with Crippen molar-refractivity contribution in [3.8, 4) is 0 Å². The minimum absolute atomic E-state index is 0.166. The number of imide groups is 1. The van der Waals surface area contributed by atoms with Gasteiger partial charge >= 0.3 is 0 Å². The maximum absolute atomic E-state index is 13.1. The Balaban J connectivity index is 1.78. The Morgan fingerprint density at radius 3 is 2.55 bits per heavy atom. The van der Waals surface area contributed by atoms with Crippen LogP contribution in [-0.2, 0) is 4.74 Å². The number of ether oxygens (including phenoxy) is 1. The number of rotatable bonds is 2. The molecule has 2 amide bonds. The van der Waals surface area contributed by atoms with Crippen molar-refractivity contribution in [2.75, 3.05) is 13.7 Å². The van der Waals surface area contributed by atoms with E-state index in [1.54, 1.807) is 18.3 Å². The first-order valence-electron chi connectivity index (χ1n) is 10.3. The molecule has 170 valence electrons. The molecule has 2 aliphatic rings. The van der Waals surface area contributed by atoms with Gasteiger partial charge in [0.05, 0.1) is 17.7 Å². The van der Waals surface area contributed by atoms with Gasteiger partial charge in [0, 0.05) is 36.4 Å². The molecule has 0 bridgehead atoms. The van der Waals surface area contributed by atoms with Crippen molar-refractivity contribution in [2.24, 2.45) is 0 Å². The zero-order valence-electron chi connectivity index (χ0n) is 17.2. The molecule has 1 fully saturated rings. The van der Waals surface area contributed by atoms with Gasteiger partial charge in [0.2, 0.25) is 0 Å². The van der Waals surface area contributed by atoms with Crippen LogP contribution in [0.5, 0.6) is 0 Å². The van der Waals surface area contributed by atoms with E-state index in [1.165, 1.54) is 28.4 Å². The molecule has 12 nitrogen and oxygen atoms in total. The molecule has 0 aromatic carbocycles. The number of amides is 2. The molecule has 0 spiro atoms. The Morgan fingerprint density at radius 1 is 1.03 bits per heavy atom. The topological polar surface area (TPSA) is 163 Å². The van der Waals surface area contributed by atoms with E-state index in [9.17, 15) is 30.0 Å². The third-order valence-corrected chi connectivity index (χ3v) is 6.49. The highest BCUT2D eigenvalue weighted by Gasteiger charge is 2.46. The van der Waals surface area contributed by atoms with Gasteiger partial charge in [-0.1, -0.05) is 0 Å². The molecule has 0 aliphatic carbocycles. The molecule has 12 heteroatoms. The highest BCUT2D eigenvalue weighted by Crippen LogP contribution is 2.42. The monoisotopic (exact) mass is 453 g/mol. The summed E-state index contributed by atoms with van der Waals surface area (Å²) >= 11 is 0. The predicted molar refractivity (Wildman–Crippen MR) is 111 cm³/mol. The largest absolute Gasteiger partial charge is 0.394 e. The van der Waals surface area contributed by atoms with Crippen LogP contribution in [0.15, 0.2) is 30.7 Å². The molecule has 0 saturated carbocycles. The number of carbonyl (C=O) groups is 2. The zero-order valence-corrected chi connectivity index (χ0v) is 17.2. The Bertz CT molecular complexity index is 1470. The van der Waals surface area contributed by atoms with Gasteiger partial charge in [0.15, 0.2) is 11.9 Å². The second-order valence-electron chi connectivity index (χ2n) is 8.20. The summed E-state index contributed by atoms with van der Waals surface area (Å²) in [6, 6.07) is 3.40. The number of nitrogens with zero attached hydrogens (tertiary/aromatic N) is 5. The van der Waals surface area contributed by atoms with Crippen molar-refractivity contribution in [1.29, 1.82) is 0 Å². The third kappa shape index (κ3) is 2.41. The van der Waals surface area contributed by atoms with Crippen LogP contribution in [0.3, 0.4) is 0 Å². The van der Waals surface area contributed by atoms with Gasteiger partial charge in [-0.3, -0.25) is 23.5 Å². The number of pyridine rings is 2. The lowest BCUT2D eigenvalue weighted by atomic mass is 9.98. The second-order valence-corrected chi connectivity index (χ2v) is 8.20. The van der Waals surface area contributed by atoms with Gasteiger partial charge in [0.25, 0.3) is 11.8 Å². The molecule has 4 aromatic heterocycles. The van der Waals surface area contributed by atoms with Gasteiger partial charge in [0.1, 0.15) is 35.8 Å². The standard InChI is InChI=1S/C21H19N5O7/c1-24-19(31)11-10-8-3-2-4-22-17(8)26(21-16(30)15(29)14(28)9(7-27)33-21)12(10)18-23-5-6-25(18)13(11)20(24)32/h2-6,9,14-16,21,27-30H,7H2,1H3/t9-,14-,15+,16-,21-/m1/s1. The van der Waals surface area contributed by atoms with Crippen LogP contribution in [0.4, 0.5) is 0 Å². The van der Waals surface area contributed by atoms with Crippen LogP contribution in [0.1, 0.15) is 27.1 Å². The van der Waals surface area contributed by atoms with E-state index in [0.717, 1.165) is 4.90 Å². The van der Waals surface area contributed by atoms with Gasteiger partial charge in [-0.05, 0) is 12.1 Å². The van der Waals surface area contributed by atoms with E-state index in [0.29, 0.717) is 27.6 Å². The average molecular weight is 453 g/mol. The molecule has 4 N–H and O–H groups in total. The van der Waals surface area contributed by atoms with E-state index in [1.807, 2.05) is 0 Å². The first kappa shape index (κ1) is 20.2. The smallest absolute Gasteiger partial charge is 0.278 e. The van der Waals surface area contributed by atoms with E-state index in [2.05, 4.69) is 9.97 Å². The van der Waals surface area contributed by atoms with Crippen LogP contribution in [-0.4, -0.2) is 94.1 Å². The lowest BCUT2D eigenvalue weighted by molar-refractivity contribution is -0.249. The summed E-state index contributed by atoms with van der Waals surface area (Å²) in [6.07, 6.45) is -2.62. The van der Waals surface area contributed by atoms with Crippen LogP contribution in [0.25, 0.3) is 27.6 Å².